The van der Waals surface area contributed by atoms with E-state index in [0.717, 1.165) is 22.4 Å². The van der Waals surface area contributed by atoms with Crippen LogP contribution < -0.4 is 11.1 Å². The Morgan fingerprint density at radius 3 is 2.40 bits per heavy atom. The third-order valence-electron chi connectivity index (χ3n) is 6.95. The van der Waals surface area contributed by atoms with E-state index in [1.165, 1.54) is 4.90 Å². The summed E-state index contributed by atoms with van der Waals surface area (Å²) >= 11 is 6.30. The molecule has 45 heavy (non-hydrogen) atoms. The van der Waals surface area contributed by atoms with Crippen LogP contribution in [0.1, 0.15) is 57.2 Å². The summed E-state index contributed by atoms with van der Waals surface area (Å²) in [5.74, 6) is -0.374. The van der Waals surface area contributed by atoms with Gasteiger partial charge in [0.1, 0.15) is 11.4 Å². The van der Waals surface area contributed by atoms with Gasteiger partial charge in [0.2, 0.25) is 0 Å². The number of halogens is 4. The van der Waals surface area contributed by atoms with Crippen molar-refractivity contribution in [1.82, 2.24) is 15.1 Å². The van der Waals surface area contributed by atoms with Crippen molar-refractivity contribution >= 4 is 35.3 Å². The summed E-state index contributed by atoms with van der Waals surface area (Å²) in [7, 11) is 0. The van der Waals surface area contributed by atoms with Gasteiger partial charge in [0.25, 0.3) is 0 Å². The van der Waals surface area contributed by atoms with Crippen LogP contribution in [0.3, 0.4) is 0 Å². The zero-order chi connectivity index (χ0) is 33.4. The first-order chi connectivity index (χ1) is 21.1. The van der Waals surface area contributed by atoms with E-state index in [1.54, 1.807) is 51.1 Å². The van der Waals surface area contributed by atoms with E-state index in [4.69, 9.17) is 32.5 Å². The largest absolute Gasteiger partial charge is 0.444 e. The van der Waals surface area contributed by atoms with Gasteiger partial charge in [0.15, 0.2) is 0 Å². The summed E-state index contributed by atoms with van der Waals surface area (Å²) in [4.78, 5) is 33.0. The van der Waals surface area contributed by atoms with Gasteiger partial charge >= 0.3 is 18.3 Å². The molecule has 13 heteroatoms. The molecule has 0 bridgehead atoms. The average molecular weight is 649 g/mol. The number of benzene rings is 2. The number of urea groups is 1. The molecule has 0 aromatic heterocycles. The number of rotatable bonds is 8. The number of piperidine rings is 1. The lowest BCUT2D eigenvalue weighted by Crippen LogP contribution is -2.47. The highest BCUT2D eigenvalue weighted by molar-refractivity contribution is 6.31. The number of hydrogen-bond donors (Lipinski definition) is 3. The second kappa shape index (κ2) is 15.3. The lowest BCUT2D eigenvalue weighted by molar-refractivity contribution is -0.135. The number of aryl methyl sites for hydroxylation is 1. The number of amides is 3. The predicted octanol–water partition coefficient (Wildman–Crippen LogP) is 6.69. The molecule has 0 atom stereocenters. The van der Waals surface area contributed by atoms with Crippen LogP contribution in [0.25, 0.3) is 0 Å². The number of carbonyl (C=O) groups excluding carboxylic acids is 2. The van der Waals surface area contributed by atoms with Crippen LogP contribution in [0.4, 0.5) is 22.8 Å². The number of ether oxygens (including phenoxy) is 1. The fourth-order valence-corrected chi connectivity index (χ4v) is 4.68. The number of nitrogens with one attached hydrogen (secondary N) is 2. The molecule has 4 N–H and O–H groups in total. The van der Waals surface area contributed by atoms with Gasteiger partial charge < -0.3 is 20.7 Å². The number of nitrogens with two attached hydrogens (primary N) is 1. The maximum atomic E-state index is 13.2. The fourth-order valence-electron chi connectivity index (χ4n) is 4.48. The molecular formula is C32H40ClF3N6O3. The molecule has 0 saturated carbocycles. The van der Waals surface area contributed by atoms with Crippen LogP contribution in [0.15, 0.2) is 64.8 Å². The molecule has 0 spiro atoms. The van der Waals surface area contributed by atoms with Crippen LogP contribution in [-0.4, -0.2) is 71.4 Å². The smallest absolute Gasteiger partial charge is 0.410 e. The van der Waals surface area contributed by atoms with Gasteiger partial charge in [-0.15, -0.1) is 0 Å². The fraction of sp³-hybridized carbons (Fsp3) is 0.438. The third kappa shape index (κ3) is 10.8. The van der Waals surface area contributed by atoms with Crippen LogP contribution >= 0.6 is 11.6 Å². The maximum absolute atomic E-state index is 13.2. The van der Waals surface area contributed by atoms with Gasteiger partial charge in [0.05, 0.1) is 26.1 Å². The second-order valence-electron chi connectivity index (χ2n) is 11.6. The summed E-state index contributed by atoms with van der Waals surface area (Å²) in [5.41, 5.74) is 9.09. The molecule has 3 rings (SSSR count). The van der Waals surface area contributed by atoms with Crippen LogP contribution in [0.2, 0.25) is 5.02 Å². The average Bonchev–Trinajstić information content (AvgIpc) is 2.98. The first-order valence-electron chi connectivity index (χ1n) is 14.6. The molecule has 0 unspecified atom stereocenters. The van der Waals surface area contributed by atoms with E-state index >= 15 is 0 Å². The summed E-state index contributed by atoms with van der Waals surface area (Å²) in [6.45, 7) is 6.83. The first-order valence-corrected chi connectivity index (χ1v) is 15.0. The van der Waals surface area contributed by atoms with E-state index in [2.05, 4.69) is 5.32 Å². The van der Waals surface area contributed by atoms with Crippen molar-refractivity contribution < 1.29 is 27.5 Å². The minimum absolute atomic E-state index is 0.0509. The SMILES string of the molecule is CCc1ccc(C(=N)N(CCC(F)(F)F)C(=O)NC/C(N)=C2\CN(C(=O)OC(C)(C)C)CCC2=NCc2ccccc2Cl)cc1. The minimum atomic E-state index is -4.54. The monoisotopic (exact) mass is 648 g/mol. The van der Waals surface area contributed by atoms with Crippen molar-refractivity contribution in [1.29, 1.82) is 5.41 Å². The summed E-state index contributed by atoms with van der Waals surface area (Å²) in [6.07, 6.45) is -5.27. The molecule has 9 nitrogen and oxygen atoms in total. The molecule has 0 aliphatic carbocycles. The molecule has 1 heterocycles. The highest BCUT2D eigenvalue weighted by Gasteiger charge is 2.32. The topological polar surface area (TPSA) is 124 Å². The first kappa shape index (κ1) is 35.4. The predicted molar refractivity (Wildman–Crippen MR) is 170 cm³/mol. The Balaban J connectivity index is 1.86. The summed E-state index contributed by atoms with van der Waals surface area (Å²) in [6, 6.07) is 13.0. The lowest BCUT2D eigenvalue weighted by atomic mass is 9.99. The Labute approximate surface area is 266 Å². The van der Waals surface area contributed by atoms with E-state index in [9.17, 15) is 22.8 Å². The molecule has 3 amide bonds. The number of alkyl halides is 3. The van der Waals surface area contributed by atoms with Crippen molar-refractivity contribution in [3.8, 4) is 0 Å². The summed E-state index contributed by atoms with van der Waals surface area (Å²) < 4.78 is 45.0. The van der Waals surface area contributed by atoms with E-state index in [0.29, 0.717) is 34.8 Å². The highest BCUT2D eigenvalue weighted by atomic mass is 35.5. The molecule has 1 aliphatic heterocycles. The number of hydrogen-bond acceptors (Lipinski definition) is 6. The van der Waals surface area contributed by atoms with Crippen LogP contribution in [0, 0.1) is 5.41 Å². The number of nitrogens with zero attached hydrogens (tertiary/aromatic N) is 3. The van der Waals surface area contributed by atoms with E-state index < -0.39 is 36.9 Å². The standard InChI is InChI=1S/C32H40ClF3N6O3/c1-5-21-10-12-22(13-11-21)28(38)42(17-15-32(34,35)36)29(43)40-19-26(37)24-20-41(30(44)45-31(2,3)4)16-14-27(24)39-18-23-8-6-7-9-25(23)33/h6-13,38H,5,14-20,37H2,1-4H3,(H,40,43)/b26-24-,38-28?,39-27?. The van der Waals surface area contributed by atoms with E-state index in [1.807, 2.05) is 25.1 Å². The Hall–Kier alpha value is -4.06. The molecule has 1 fully saturated rings. The quantitative estimate of drug-likeness (QED) is 0.218. The van der Waals surface area contributed by atoms with Crippen molar-refractivity contribution in [3.05, 3.63) is 81.5 Å². The van der Waals surface area contributed by atoms with Gasteiger partial charge in [-0.05, 0) is 44.4 Å². The molecule has 2 aromatic rings. The normalized spacial score (nSPS) is 15.9. The van der Waals surface area contributed by atoms with Gasteiger partial charge in [-0.25, -0.2) is 9.59 Å². The number of aliphatic imine (C=N–C) groups is 1. The second-order valence-corrected chi connectivity index (χ2v) is 12.0. The molecule has 1 saturated heterocycles. The van der Waals surface area contributed by atoms with Crippen molar-refractivity contribution in [2.45, 2.75) is 65.3 Å². The minimum Gasteiger partial charge on any atom is -0.444 e. The van der Waals surface area contributed by atoms with Crippen LogP contribution in [0.5, 0.6) is 0 Å². The Bertz CT molecular complexity index is 1430. The molecule has 0 radical (unpaired) electrons. The zero-order valence-corrected chi connectivity index (χ0v) is 26.7. The number of carbonyl (C=O) groups is 2. The molecule has 2 aromatic carbocycles. The van der Waals surface area contributed by atoms with Gasteiger partial charge in [-0.2, -0.15) is 13.2 Å². The van der Waals surface area contributed by atoms with E-state index in [-0.39, 0.29) is 31.2 Å². The Kier molecular flexibility index (Phi) is 12.0. The third-order valence-corrected chi connectivity index (χ3v) is 7.32. The van der Waals surface area contributed by atoms with Crippen molar-refractivity contribution in [3.63, 3.8) is 0 Å². The molecular weight excluding hydrogens is 609 g/mol. The molecule has 244 valence electrons. The van der Waals surface area contributed by atoms with Crippen LogP contribution in [-0.2, 0) is 17.7 Å². The van der Waals surface area contributed by atoms with Crippen molar-refractivity contribution in [2.24, 2.45) is 10.7 Å². The van der Waals surface area contributed by atoms with Gasteiger partial charge in [-0.3, -0.25) is 15.3 Å². The maximum Gasteiger partial charge on any atom is 0.410 e. The van der Waals surface area contributed by atoms with Gasteiger partial charge in [0, 0.05) is 47.1 Å². The Morgan fingerprint density at radius 1 is 1.13 bits per heavy atom. The summed E-state index contributed by atoms with van der Waals surface area (Å²) in [5, 5.41) is 11.6. The lowest BCUT2D eigenvalue weighted by Gasteiger charge is -2.33. The zero-order valence-electron chi connectivity index (χ0n) is 25.9. The highest BCUT2D eigenvalue weighted by Crippen LogP contribution is 2.23. The van der Waals surface area contributed by atoms with Gasteiger partial charge in [-0.1, -0.05) is 61.0 Å². The number of likely N-dealkylation sites (tertiary alicyclic amines) is 1. The number of amidine groups is 1. The van der Waals surface area contributed by atoms with Crippen molar-refractivity contribution in [2.75, 3.05) is 26.2 Å². The molecule has 1 aliphatic rings. The Morgan fingerprint density at radius 2 is 1.80 bits per heavy atom.